The molecular formula is C12H12N4O3. The molecule has 0 atom stereocenters. The van der Waals surface area contributed by atoms with Gasteiger partial charge in [0, 0.05) is 17.8 Å². The van der Waals surface area contributed by atoms with Crippen molar-refractivity contribution < 1.29 is 14.2 Å². The first-order valence-electron chi connectivity index (χ1n) is 5.60. The molecule has 3 N–H and O–H groups in total. The molecule has 1 aromatic heterocycles. The highest BCUT2D eigenvalue weighted by molar-refractivity contribution is 5.62. The molecule has 0 bridgehead atoms. The number of fused-ring (bicyclic) bond motifs is 1. The number of aromatic nitrogens is 2. The van der Waals surface area contributed by atoms with Gasteiger partial charge >= 0.3 is 0 Å². The maximum absolute atomic E-state index is 5.59. The number of rotatable bonds is 3. The third-order valence-corrected chi connectivity index (χ3v) is 2.57. The molecule has 0 saturated heterocycles. The standard InChI is InChI=1S/C12H12N4O3/c1-17-11-5-10(15-12(13)16-11)14-7-2-3-8-9(4-7)19-6-18-8/h2-5H,6H2,1H3,(H3,13,14,15,16). The molecule has 2 aromatic rings. The normalized spacial score (nSPS) is 12.3. The first-order valence-corrected chi connectivity index (χ1v) is 5.60. The average molecular weight is 260 g/mol. The Labute approximate surface area is 109 Å². The third-order valence-electron chi connectivity index (χ3n) is 2.57. The van der Waals surface area contributed by atoms with Gasteiger partial charge < -0.3 is 25.3 Å². The fraction of sp³-hybridized carbons (Fsp3) is 0.167. The lowest BCUT2D eigenvalue weighted by Crippen LogP contribution is -2.01. The molecule has 19 heavy (non-hydrogen) atoms. The van der Waals surface area contributed by atoms with E-state index in [9.17, 15) is 0 Å². The van der Waals surface area contributed by atoms with Crippen LogP contribution in [0.3, 0.4) is 0 Å². The fourth-order valence-corrected chi connectivity index (χ4v) is 1.73. The second kappa shape index (κ2) is 4.52. The molecule has 98 valence electrons. The molecule has 0 spiro atoms. The van der Waals surface area contributed by atoms with Crippen molar-refractivity contribution in [2.75, 3.05) is 25.0 Å². The lowest BCUT2D eigenvalue weighted by molar-refractivity contribution is 0.174. The Balaban J connectivity index is 1.86. The molecule has 2 heterocycles. The van der Waals surface area contributed by atoms with E-state index in [1.54, 1.807) is 6.07 Å². The smallest absolute Gasteiger partial charge is 0.231 e. The van der Waals surface area contributed by atoms with Gasteiger partial charge in [0.25, 0.3) is 0 Å². The van der Waals surface area contributed by atoms with Crippen LogP contribution in [0.5, 0.6) is 17.4 Å². The van der Waals surface area contributed by atoms with Crippen molar-refractivity contribution in [2.45, 2.75) is 0 Å². The van der Waals surface area contributed by atoms with Gasteiger partial charge in [-0.25, -0.2) is 0 Å². The number of nitrogens with zero attached hydrogens (tertiary/aromatic N) is 2. The lowest BCUT2D eigenvalue weighted by Gasteiger charge is -2.08. The van der Waals surface area contributed by atoms with E-state index in [2.05, 4.69) is 15.3 Å². The van der Waals surface area contributed by atoms with Gasteiger partial charge in [0.15, 0.2) is 11.5 Å². The molecule has 0 saturated carbocycles. The quantitative estimate of drug-likeness (QED) is 0.864. The third kappa shape index (κ3) is 2.30. The number of nitrogens with two attached hydrogens (primary N) is 1. The first-order chi connectivity index (χ1) is 9.24. The Bertz CT molecular complexity index is 618. The Morgan fingerprint density at radius 2 is 2.05 bits per heavy atom. The number of ether oxygens (including phenoxy) is 3. The predicted octanol–water partition coefficient (Wildman–Crippen LogP) is 1.54. The first kappa shape index (κ1) is 11.4. The molecule has 1 aromatic carbocycles. The van der Waals surface area contributed by atoms with E-state index >= 15 is 0 Å². The van der Waals surface area contributed by atoms with Crippen molar-refractivity contribution in [3.8, 4) is 17.4 Å². The molecule has 0 radical (unpaired) electrons. The minimum absolute atomic E-state index is 0.141. The Kier molecular flexibility index (Phi) is 2.71. The van der Waals surface area contributed by atoms with Gasteiger partial charge in [-0.1, -0.05) is 0 Å². The largest absolute Gasteiger partial charge is 0.481 e. The van der Waals surface area contributed by atoms with Gasteiger partial charge in [0.05, 0.1) is 7.11 Å². The van der Waals surface area contributed by atoms with Gasteiger partial charge in [0.2, 0.25) is 18.6 Å². The van der Waals surface area contributed by atoms with Gasteiger partial charge in [-0.05, 0) is 12.1 Å². The van der Waals surface area contributed by atoms with Crippen molar-refractivity contribution in [3.63, 3.8) is 0 Å². The van der Waals surface area contributed by atoms with Crippen LogP contribution in [-0.2, 0) is 0 Å². The summed E-state index contributed by atoms with van der Waals surface area (Å²) in [4.78, 5) is 7.99. The number of anilines is 3. The number of hydrogen-bond acceptors (Lipinski definition) is 7. The summed E-state index contributed by atoms with van der Waals surface area (Å²) in [5.41, 5.74) is 6.40. The SMILES string of the molecule is COc1cc(Nc2ccc3c(c2)OCO3)nc(N)n1. The van der Waals surface area contributed by atoms with Crippen molar-refractivity contribution in [1.29, 1.82) is 0 Å². The molecule has 7 heteroatoms. The van der Waals surface area contributed by atoms with E-state index in [1.165, 1.54) is 7.11 Å². The lowest BCUT2D eigenvalue weighted by atomic mass is 10.3. The molecular weight excluding hydrogens is 248 g/mol. The van der Waals surface area contributed by atoms with Crippen molar-refractivity contribution in [3.05, 3.63) is 24.3 Å². The summed E-state index contributed by atoms with van der Waals surface area (Å²) in [6.45, 7) is 0.243. The molecule has 7 nitrogen and oxygen atoms in total. The van der Waals surface area contributed by atoms with Crippen molar-refractivity contribution >= 4 is 17.5 Å². The molecule has 0 fully saturated rings. The van der Waals surface area contributed by atoms with Crippen LogP contribution in [0, 0.1) is 0 Å². The Hall–Kier alpha value is -2.70. The fourth-order valence-electron chi connectivity index (χ4n) is 1.73. The molecule has 0 aliphatic carbocycles. The molecule has 0 unspecified atom stereocenters. The van der Waals surface area contributed by atoms with Gasteiger partial charge in [-0.3, -0.25) is 0 Å². The summed E-state index contributed by atoms with van der Waals surface area (Å²) in [6.07, 6.45) is 0. The Morgan fingerprint density at radius 3 is 2.89 bits per heavy atom. The van der Waals surface area contributed by atoms with E-state index in [-0.39, 0.29) is 12.7 Å². The summed E-state index contributed by atoms with van der Waals surface area (Å²) in [6, 6.07) is 7.17. The van der Waals surface area contributed by atoms with Crippen LogP contribution in [0.2, 0.25) is 0 Å². The van der Waals surface area contributed by atoms with Crippen molar-refractivity contribution in [1.82, 2.24) is 9.97 Å². The zero-order chi connectivity index (χ0) is 13.2. The zero-order valence-electron chi connectivity index (χ0n) is 10.2. The predicted molar refractivity (Wildman–Crippen MR) is 68.8 cm³/mol. The molecule has 3 rings (SSSR count). The minimum Gasteiger partial charge on any atom is -0.481 e. The van der Waals surface area contributed by atoms with E-state index in [0.29, 0.717) is 17.4 Å². The Morgan fingerprint density at radius 1 is 1.21 bits per heavy atom. The summed E-state index contributed by atoms with van der Waals surface area (Å²) in [5, 5.41) is 3.10. The number of nitrogens with one attached hydrogen (secondary N) is 1. The minimum atomic E-state index is 0.141. The summed E-state index contributed by atoms with van der Waals surface area (Å²) in [5.74, 6) is 2.51. The summed E-state index contributed by atoms with van der Waals surface area (Å²) >= 11 is 0. The van der Waals surface area contributed by atoms with E-state index in [0.717, 1.165) is 11.4 Å². The van der Waals surface area contributed by atoms with Crippen LogP contribution < -0.4 is 25.3 Å². The van der Waals surface area contributed by atoms with Gasteiger partial charge in [0.1, 0.15) is 5.82 Å². The summed E-state index contributed by atoms with van der Waals surface area (Å²) in [7, 11) is 1.52. The number of hydrogen-bond donors (Lipinski definition) is 2. The number of benzene rings is 1. The van der Waals surface area contributed by atoms with Crippen molar-refractivity contribution in [2.24, 2.45) is 0 Å². The van der Waals surface area contributed by atoms with Crippen LogP contribution in [0.1, 0.15) is 0 Å². The molecule has 1 aliphatic rings. The zero-order valence-corrected chi connectivity index (χ0v) is 10.2. The highest BCUT2D eigenvalue weighted by Crippen LogP contribution is 2.35. The second-order valence-corrected chi connectivity index (χ2v) is 3.85. The van der Waals surface area contributed by atoms with E-state index < -0.39 is 0 Å². The highest BCUT2D eigenvalue weighted by atomic mass is 16.7. The van der Waals surface area contributed by atoms with Crippen LogP contribution >= 0.6 is 0 Å². The van der Waals surface area contributed by atoms with Crippen LogP contribution in [0.15, 0.2) is 24.3 Å². The number of methoxy groups -OCH3 is 1. The maximum Gasteiger partial charge on any atom is 0.231 e. The topological polar surface area (TPSA) is 91.5 Å². The monoisotopic (exact) mass is 260 g/mol. The van der Waals surface area contributed by atoms with Gasteiger partial charge in [-0.15, -0.1) is 0 Å². The van der Waals surface area contributed by atoms with Crippen LogP contribution in [0.25, 0.3) is 0 Å². The van der Waals surface area contributed by atoms with E-state index in [4.69, 9.17) is 19.9 Å². The average Bonchev–Trinajstić information content (AvgIpc) is 2.85. The highest BCUT2D eigenvalue weighted by Gasteiger charge is 2.13. The van der Waals surface area contributed by atoms with Gasteiger partial charge in [-0.2, -0.15) is 9.97 Å². The maximum atomic E-state index is 5.59. The molecule has 1 aliphatic heterocycles. The van der Waals surface area contributed by atoms with E-state index in [1.807, 2.05) is 18.2 Å². The second-order valence-electron chi connectivity index (χ2n) is 3.85. The number of nitrogen functional groups attached to an aromatic ring is 1. The van der Waals surface area contributed by atoms with Crippen LogP contribution in [0.4, 0.5) is 17.5 Å². The molecule has 0 amide bonds. The summed E-state index contributed by atoms with van der Waals surface area (Å²) < 4.78 is 15.6. The van der Waals surface area contributed by atoms with Crippen LogP contribution in [-0.4, -0.2) is 23.9 Å².